The van der Waals surface area contributed by atoms with Gasteiger partial charge >= 0.3 is 6.18 Å². The number of halogens is 3. The first-order chi connectivity index (χ1) is 13.6. The Morgan fingerprint density at radius 1 is 1.00 bits per heavy atom. The summed E-state index contributed by atoms with van der Waals surface area (Å²) < 4.78 is 38.7. The molecule has 0 atom stereocenters. The fourth-order valence-electron chi connectivity index (χ4n) is 2.90. The maximum atomic E-state index is 12.9. The van der Waals surface area contributed by atoms with Crippen LogP contribution in [0.1, 0.15) is 40.1 Å². The Morgan fingerprint density at radius 2 is 1.66 bits per heavy atom. The summed E-state index contributed by atoms with van der Waals surface area (Å²) in [4.78, 5) is 28.8. The number of nitrogens with one attached hydrogen (secondary N) is 1. The average molecular weight is 407 g/mol. The van der Waals surface area contributed by atoms with Crippen LogP contribution in [0.5, 0.6) is 0 Å². The first-order valence-corrected chi connectivity index (χ1v) is 9.17. The van der Waals surface area contributed by atoms with E-state index < -0.39 is 17.6 Å². The molecule has 2 amide bonds. The van der Waals surface area contributed by atoms with E-state index in [0.717, 1.165) is 12.1 Å². The minimum atomic E-state index is -4.53. The Hall–Kier alpha value is -3.03. The van der Waals surface area contributed by atoms with Crippen molar-refractivity contribution in [3.63, 3.8) is 0 Å². The Morgan fingerprint density at radius 3 is 2.21 bits per heavy atom. The first-order valence-electron chi connectivity index (χ1n) is 9.17. The predicted molar refractivity (Wildman–Crippen MR) is 107 cm³/mol. The number of hydrogen-bond acceptors (Lipinski definition) is 3. The second-order valence-corrected chi connectivity index (χ2v) is 6.64. The molecule has 29 heavy (non-hydrogen) atoms. The molecular formula is C21H24F3N3O2. The molecule has 8 heteroatoms. The van der Waals surface area contributed by atoms with E-state index in [4.69, 9.17) is 0 Å². The fraction of sp³-hybridized carbons (Fsp3) is 0.333. The second kappa shape index (κ2) is 8.98. The summed E-state index contributed by atoms with van der Waals surface area (Å²) in [5, 5.41) is 2.58. The van der Waals surface area contributed by atoms with Crippen LogP contribution >= 0.6 is 0 Å². The van der Waals surface area contributed by atoms with Crippen LogP contribution in [0.3, 0.4) is 0 Å². The topological polar surface area (TPSA) is 52.7 Å². The van der Waals surface area contributed by atoms with E-state index in [2.05, 4.69) is 5.32 Å². The molecule has 0 heterocycles. The third kappa shape index (κ3) is 5.28. The summed E-state index contributed by atoms with van der Waals surface area (Å²) >= 11 is 0. The number of carbonyl (C=O) groups is 2. The highest BCUT2D eigenvalue weighted by atomic mass is 19.4. The second-order valence-electron chi connectivity index (χ2n) is 6.64. The zero-order chi connectivity index (χ0) is 21.8. The molecule has 0 saturated heterocycles. The molecule has 0 aromatic heterocycles. The van der Waals surface area contributed by atoms with Crippen LogP contribution in [0.2, 0.25) is 0 Å². The van der Waals surface area contributed by atoms with Gasteiger partial charge in [-0.1, -0.05) is 6.07 Å². The molecule has 2 aromatic carbocycles. The van der Waals surface area contributed by atoms with Crippen LogP contribution in [0, 0.1) is 0 Å². The summed E-state index contributed by atoms with van der Waals surface area (Å²) in [5.74, 6) is -0.871. The maximum absolute atomic E-state index is 12.9. The molecule has 2 aromatic rings. The molecule has 2 rings (SSSR count). The first kappa shape index (κ1) is 22.3. The van der Waals surface area contributed by atoms with Crippen LogP contribution in [0.25, 0.3) is 0 Å². The summed E-state index contributed by atoms with van der Waals surface area (Å²) in [6.07, 6.45) is -4.53. The molecule has 0 radical (unpaired) electrons. The highest BCUT2D eigenvalue weighted by Crippen LogP contribution is 2.30. The van der Waals surface area contributed by atoms with Crippen molar-refractivity contribution < 1.29 is 22.8 Å². The van der Waals surface area contributed by atoms with Gasteiger partial charge in [-0.05, 0) is 50.2 Å². The summed E-state index contributed by atoms with van der Waals surface area (Å²) in [7, 11) is 3.60. The van der Waals surface area contributed by atoms with E-state index in [1.54, 1.807) is 42.1 Å². The van der Waals surface area contributed by atoms with E-state index in [1.807, 2.05) is 13.8 Å². The maximum Gasteiger partial charge on any atom is 0.416 e. The average Bonchev–Trinajstić information content (AvgIpc) is 2.68. The van der Waals surface area contributed by atoms with Gasteiger partial charge in [-0.2, -0.15) is 13.2 Å². The van der Waals surface area contributed by atoms with Crippen molar-refractivity contribution in [3.05, 3.63) is 59.2 Å². The highest BCUT2D eigenvalue weighted by Gasteiger charge is 2.31. The van der Waals surface area contributed by atoms with Gasteiger partial charge in [0.25, 0.3) is 11.8 Å². The van der Waals surface area contributed by atoms with Crippen molar-refractivity contribution in [2.75, 3.05) is 37.4 Å². The number of benzene rings is 2. The smallest absolute Gasteiger partial charge is 0.377 e. The van der Waals surface area contributed by atoms with Crippen molar-refractivity contribution >= 4 is 23.2 Å². The molecule has 0 aliphatic rings. The van der Waals surface area contributed by atoms with Gasteiger partial charge in [0.15, 0.2) is 0 Å². The molecule has 0 unspecified atom stereocenters. The quantitative estimate of drug-likeness (QED) is 0.767. The standard InChI is InChI=1S/C21H24F3N3O2/c1-5-27(6-2)20(29)17-13-16(10-11-18(17)26(3)4)25-19(28)14-8-7-9-15(12-14)21(22,23)24/h7-13H,5-6H2,1-4H3,(H,25,28). The number of rotatable bonds is 6. The lowest BCUT2D eigenvalue weighted by Gasteiger charge is -2.23. The Balaban J connectivity index is 2.35. The van der Waals surface area contributed by atoms with Gasteiger partial charge in [-0.25, -0.2) is 0 Å². The molecule has 0 spiro atoms. The highest BCUT2D eigenvalue weighted by molar-refractivity contribution is 6.06. The van der Waals surface area contributed by atoms with Gasteiger partial charge in [0.05, 0.1) is 11.1 Å². The normalized spacial score (nSPS) is 11.1. The molecule has 0 aliphatic heterocycles. The minimum Gasteiger partial charge on any atom is -0.377 e. The van der Waals surface area contributed by atoms with E-state index >= 15 is 0 Å². The predicted octanol–water partition coefficient (Wildman–Crippen LogP) is 4.51. The van der Waals surface area contributed by atoms with E-state index in [-0.39, 0.29) is 11.5 Å². The van der Waals surface area contributed by atoms with Crippen molar-refractivity contribution in [2.45, 2.75) is 20.0 Å². The third-order valence-corrected chi connectivity index (χ3v) is 4.47. The lowest BCUT2D eigenvalue weighted by molar-refractivity contribution is -0.137. The molecule has 0 saturated carbocycles. The number of alkyl halides is 3. The number of hydrogen-bond donors (Lipinski definition) is 1. The third-order valence-electron chi connectivity index (χ3n) is 4.47. The number of amides is 2. The van der Waals surface area contributed by atoms with Crippen LogP contribution in [-0.4, -0.2) is 43.9 Å². The Kier molecular flexibility index (Phi) is 6.89. The van der Waals surface area contributed by atoms with Gasteiger partial charge in [0.2, 0.25) is 0 Å². The van der Waals surface area contributed by atoms with Gasteiger partial charge in [0, 0.05) is 44.1 Å². The van der Waals surface area contributed by atoms with E-state index in [1.165, 1.54) is 12.1 Å². The zero-order valence-electron chi connectivity index (χ0n) is 16.8. The largest absolute Gasteiger partial charge is 0.416 e. The summed E-state index contributed by atoms with van der Waals surface area (Å²) in [6, 6.07) is 9.04. The molecular weight excluding hydrogens is 383 g/mol. The molecule has 0 fully saturated rings. The summed E-state index contributed by atoms with van der Waals surface area (Å²) in [6.45, 7) is 4.80. The number of carbonyl (C=O) groups excluding carboxylic acids is 2. The molecule has 0 aliphatic carbocycles. The van der Waals surface area contributed by atoms with Crippen LogP contribution < -0.4 is 10.2 Å². The number of nitrogens with zero attached hydrogens (tertiary/aromatic N) is 2. The molecule has 5 nitrogen and oxygen atoms in total. The van der Waals surface area contributed by atoms with E-state index in [9.17, 15) is 22.8 Å². The Labute approximate surface area is 168 Å². The zero-order valence-corrected chi connectivity index (χ0v) is 16.8. The lowest BCUT2D eigenvalue weighted by atomic mass is 10.1. The van der Waals surface area contributed by atoms with Gasteiger partial charge < -0.3 is 15.1 Å². The summed E-state index contributed by atoms with van der Waals surface area (Å²) in [5.41, 5.74) is 0.395. The fourth-order valence-corrected chi connectivity index (χ4v) is 2.90. The van der Waals surface area contributed by atoms with E-state index in [0.29, 0.717) is 30.0 Å². The van der Waals surface area contributed by atoms with Crippen molar-refractivity contribution in [3.8, 4) is 0 Å². The van der Waals surface area contributed by atoms with Crippen LogP contribution in [-0.2, 0) is 6.18 Å². The van der Waals surface area contributed by atoms with Gasteiger partial charge in [-0.15, -0.1) is 0 Å². The van der Waals surface area contributed by atoms with Gasteiger partial charge in [0.1, 0.15) is 0 Å². The monoisotopic (exact) mass is 407 g/mol. The Bertz CT molecular complexity index is 891. The molecule has 156 valence electrons. The van der Waals surface area contributed by atoms with Crippen LogP contribution in [0.4, 0.5) is 24.5 Å². The number of anilines is 2. The van der Waals surface area contributed by atoms with Crippen molar-refractivity contribution in [2.24, 2.45) is 0 Å². The van der Waals surface area contributed by atoms with Crippen molar-refractivity contribution in [1.82, 2.24) is 4.90 Å². The SMILES string of the molecule is CCN(CC)C(=O)c1cc(NC(=O)c2cccc(C(F)(F)F)c2)ccc1N(C)C. The lowest BCUT2D eigenvalue weighted by Crippen LogP contribution is -2.31. The molecule has 0 bridgehead atoms. The van der Waals surface area contributed by atoms with Crippen molar-refractivity contribution in [1.29, 1.82) is 0 Å². The van der Waals surface area contributed by atoms with Crippen LogP contribution in [0.15, 0.2) is 42.5 Å². The minimum absolute atomic E-state index is 0.117. The van der Waals surface area contributed by atoms with Gasteiger partial charge in [-0.3, -0.25) is 9.59 Å². The molecule has 1 N–H and O–H groups in total.